The van der Waals surface area contributed by atoms with Crippen molar-refractivity contribution in [2.75, 3.05) is 26.4 Å². The summed E-state index contributed by atoms with van der Waals surface area (Å²) in [5.41, 5.74) is 5.08. The fourth-order valence-electron chi connectivity index (χ4n) is 6.28. The molecule has 1 saturated carbocycles. The number of carbonyl (C=O) groups excluding carboxylic acids is 1. The minimum Gasteiger partial charge on any atom is -0.494 e. The molecular weight excluding hydrogens is 649 g/mol. The van der Waals surface area contributed by atoms with Crippen LogP contribution in [-0.2, 0) is 15.9 Å². The average Bonchev–Trinajstić information content (AvgIpc) is 3.13. The van der Waals surface area contributed by atoms with Crippen molar-refractivity contribution in [2.45, 2.75) is 65.0 Å². The first kappa shape index (κ1) is 36.8. The molecule has 0 bridgehead atoms. The van der Waals surface area contributed by atoms with Crippen LogP contribution in [0.1, 0.15) is 89.2 Å². The van der Waals surface area contributed by atoms with Gasteiger partial charge in [-0.1, -0.05) is 78.9 Å². The predicted molar refractivity (Wildman–Crippen MR) is 201 cm³/mol. The Labute approximate surface area is 300 Å². The van der Waals surface area contributed by atoms with Crippen LogP contribution in [0.25, 0.3) is 10.8 Å². The molecule has 0 aliphatic heterocycles. The van der Waals surface area contributed by atoms with E-state index in [2.05, 4.69) is 24.0 Å². The zero-order valence-corrected chi connectivity index (χ0v) is 29.8. The van der Waals surface area contributed by atoms with Crippen LogP contribution in [0.15, 0.2) is 78.9 Å². The Morgan fingerprint density at radius 1 is 1.00 bits per heavy atom. The molecule has 4 aromatic rings. The van der Waals surface area contributed by atoms with E-state index >= 15 is 0 Å². The highest BCUT2D eigenvalue weighted by Crippen LogP contribution is 2.39. The molecule has 0 spiro atoms. The van der Waals surface area contributed by atoms with Gasteiger partial charge in [0.05, 0.1) is 37.0 Å². The number of hydrogen-bond donors (Lipinski definition) is 1. The molecule has 1 aliphatic carbocycles. The number of carbonyl (C=O) groups is 1. The predicted octanol–water partition coefficient (Wildman–Crippen LogP) is 10.2. The number of esters is 1. The molecular formula is C43H45ClFNO4. The summed E-state index contributed by atoms with van der Waals surface area (Å²) in [7, 11) is 0. The molecule has 0 radical (unpaired) electrons. The molecule has 3 atom stereocenters. The number of hydrogen-bond acceptors (Lipinski definition) is 5. The quantitative estimate of drug-likeness (QED) is 0.0498. The van der Waals surface area contributed by atoms with Crippen molar-refractivity contribution in [3.05, 3.63) is 123 Å². The first-order valence-corrected chi connectivity index (χ1v) is 17.8. The molecule has 1 N–H and O–H groups in total. The van der Waals surface area contributed by atoms with Crippen LogP contribution < -0.4 is 4.74 Å². The third-order valence-corrected chi connectivity index (χ3v) is 9.86. The number of rotatable bonds is 13. The Morgan fingerprint density at radius 2 is 1.78 bits per heavy atom. The van der Waals surface area contributed by atoms with Crippen LogP contribution in [0.2, 0.25) is 5.02 Å². The maximum Gasteiger partial charge on any atom is 0.338 e. The van der Waals surface area contributed by atoms with E-state index in [-0.39, 0.29) is 18.4 Å². The lowest BCUT2D eigenvalue weighted by molar-refractivity contribution is 0.0509. The third kappa shape index (κ3) is 9.41. The van der Waals surface area contributed by atoms with Crippen LogP contribution in [0.5, 0.6) is 5.75 Å². The summed E-state index contributed by atoms with van der Waals surface area (Å²) in [6, 6.07) is 21.3. The fraction of sp³-hybridized carbons (Fsp3) is 0.349. The smallest absolute Gasteiger partial charge is 0.338 e. The molecule has 0 heterocycles. The molecule has 0 aromatic heterocycles. The van der Waals surface area contributed by atoms with Crippen LogP contribution >= 0.6 is 11.6 Å². The molecule has 0 saturated heterocycles. The average molecular weight is 694 g/mol. The maximum absolute atomic E-state index is 14.4. The van der Waals surface area contributed by atoms with Gasteiger partial charge in [-0.15, -0.1) is 0 Å². The van der Waals surface area contributed by atoms with Crippen molar-refractivity contribution >= 4 is 34.6 Å². The van der Waals surface area contributed by atoms with Crippen molar-refractivity contribution in [3.8, 4) is 17.6 Å². The summed E-state index contributed by atoms with van der Waals surface area (Å²) in [6.07, 6.45) is 8.18. The second-order valence-electron chi connectivity index (χ2n) is 12.9. The van der Waals surface area contributed by atoms with Gasteiger partial charge in [-0.25, -0.2) is 9.18 Å². The van der Waals surface area contributed by atoms with Crippen LogP contribution in [0, 0.1) is 30.1 Å². The number of fused-ring (bicyclic) bond motifs is 1. The van der Waals surface area contributed by atoms with E-state index in [1.54, 1.807) is 12.1 Å². The number of halogens is 2. The fourth-order valence-corrected chi connectivity index (χ4v) is 6.57. The Kier molecular flexibility index (Phi) is 13.3. The van der Waals surface area contributed by atoms with E-state index in [4.69, 9.17) is 31.2 Å². The number of alkyl halides is 1. The zero-order chi connectivity index (χ0) is 35.5. The SMILES string of the molecule is C/C=C/COCCCOc1ccc(CCOC(=O)c2ccc(C#Cc3ccc4cc(C5CCC(C)C(F)C5)ccc4c3Cl)c(C)c2C=N)cc1. The topological polar surface area (TPSA) is 68.6 Å². The van der Waals surface area contributed by atoms with Crippen LogP contribution in [0.4, 0.5) is 4.39 Å². The summed E-state index contributed by atoms with van der Waals surface area (Å²) in [5.74, 6) is 7.04. The highest BCUT2D eigenvalue weighted by atomic mass is 35.5. The van der Waals surface area contributed by atoms with Crippen LogP contribution in [-0.4, -0.2) is 44.8 Å². The van der Waals surface area contributed by atoms with Gasteiger partial charge in [0.15, 0.2) is 0 Å². The van der Waals surface area contributed by atoms with E-state index < -0.39 is 12.1 Å². The maximum atomic E-state index is 14.4. The van der Waals surface area contributed by atoms with Crippen molar-refractivity contribution < 1.29 is 23.4 Å². The van der Waals surface area contributed by atoms with E-state index in [0.29, 0.717) is 59.9 Å². The Bertz CT molecular complexity index is 1890. The van der Waals surface area contributed by atoms with Crippen molar-refractivity contribution in [1.29, 1.82) is 5.41 Å². The van der Waals surface area contributed by atoms with Gasteiger partial charge in [0.1, 0.15) is 11.9 Å². The highest BCUT2D eigenvalue weighted by Gasteiger charge is 2.28. The van der Waals surface area contributed by atoms with E-state index in [0.717, 1.165) is 52.5 Å². The molecule has 5 nitrogen and oxygen atoms in total. The Balaban J connectivity index is 1.18. The Morgan fingerprint density at radius 3 is 2.54 bits per heavy atom. The highest BCUT2D eigenvalue weighted by molar-refractivity contribution is 6.36. The van der Waals surface area contributed by atoms with E-state index in [9.17, 15) is 9.18 Å². The summed E-state index contributed by atoms with van der Waals surface area (Å²) >= 11 is 6.83. The van der Waals surface area contributed by atoms with Gasteiger partial charge in [-0.3, -0.25) is 0 Å². The summed E-state index contributed by atoms with van der Waals surface area (Å²) in [5, 5.41) is 10.5. The first-order valence-electron chi connectivity index (χ1n) is 17.4. The molecule has 1 aliphatic rings. The van der Waals surface area contributed by atoms with Gasteiger partial charge in [0.25, 0.3) is 0 Å². The van der Waals surface area contributed by atoms with Gasteiger partial charge in [0, 0.05) is 41.1 Å². The Hall–Kier alpha value is -4.44. The lowest BCUT2D eigenvalue weighted by Crippen LogP contribution is -2.22. The molecule has 50 heavy (non-hydrogen) atoms. The summed E-state index contributed by atoms with van der Waals surface area (Å²) < 4.78 is 31.3. The third-order valence-electron chi connectivity index (χ3n) is 9.46. The monoisotopic (exact) mass is 693 g/mol. The summed E-state index contributed by atoms with van der Waals surface area (Å²) in [4.78, 5) is 13.0. The molecule has 3 unspecified atom stereocenters. The van der Waals surface area contributed by atoms with Crippen molar-refractivity contribution in [1.82, 2.24) is 0 Å². The molecule has 260 valence electrons. The molecule has 1 fully saturated rings. The zero-order valence-electron chi connectivity index (χ0n) is 29.1. The minimum atomic E-state index is -0.757. The second-order valence-corrected chi connectivity index (χ2v) is 13.3. The summed E-state index contributed by atoms with van der Waals surface area (Å²) in [6.45, 7) is 7.86. The van der Waals surface area contributed by atoms with Crippen LogP contribution in [0.3, 0.4) is 0 Å². The minimum absolute atomic E-state index is 0.127. The number of benzene rings is 4. The van der Waals surface area contributed by atoms with E-state index in [1.165, 1.54) is 6.21 Å². The molecule has 7 heteroatoms. The van der Waals surface area contributed by atoms with Gasteiger partial charge >= 0.3 is 5.97 Å². The molecule has 5 rings (SSSR count). The standard InChI is InChI=1S/C43H45ClFNO4/c1-4-5-22-48-23-6-24-49-37-17-8-31(9-18-37)21-25-50-43(47)39-20-15-32(30(3)40(39)28-46)11-12-33-13-14-36-26-34(16-19-38(36)42(33)44)35-10-7-29(2)41(45)27-35/h4-5,8-9,13-20,26,28-29,35,41,46H,6-7,10,21-25,27H2,1-3H3/b5-4+,46-28?. The molecule has 4 aromatic carbocycles. The van der Waals surface area contributed by atoms with Gasteiger partial charge in [-0.2, -0.15) is 0 Å². The lowest BCUT2D eigenvalue weighted by Gasteiger charge is -2.30. The van der Waals surface area contributed by atoms with E-state index in [1.807, 2.05) is 75.4 Å². The van der Waals surface area contributed by atoms with Gasteiger partial charge in [-0.05, 0) is 97.4 Å². The van der Waals surface area contributed by atoms with Gasteiger partial charge < -0.3 is 19.6 Å². The van der Waals surface area contributed by atoms with Gasteiger partial charge in [0.2, 0.25) is 0 Å². The van der Waals surface area contributed by atoms with Crippen molar-refractivity contribution in [3.63, 3.8) is 0 Å². The van der Waals surface area contributed by atoms with Crippen molar-refractivity contribution in [2.24, 2.45) is 5.92 Å². The molecule has 0 amide bonds. The number of nitrogens with one attached hydrogen (secondary N) is 1. The number of ether oxygens (including phenoxy) is 3. The lowest BCUT2D eigenvalue weighted by atomic mass is 9.78. The largest absolute Gasteiger partial charge is 0.494 e. The number of allylic oxidation sites excluding steroid dienone is 1. The first-order chi connectivity index (χ1) is 24.3. The second kappa shape index (κ2) is 18.0. The normalized spacial score (nSPS) is 17.3.